The Labute approximate surface area is 119 Å². The highest BCUT2D eigenvalue weighted by Crippen LogP contribution is 2.14. The normalized spacial score (nSPS) is 13.2. The SMILES string of the molecule is CC(C)CC(CNCc1cc(F)c(F)c(F)c1)N(C)C. The van der Waals surface area contributed by atoms with Gasteiger partial charge in [-0.15, -0.1) is 0 Å². The van der Waals surface area contributed by atoms with Gasteiger partial charge in [0.1, 0.15) is 0 Å². The molecule has 2 nitrogen and oxygen atoms in total. The molecule has 0 aliphatic rings. The van der Waals surface area contributed by atoms with Crippen LogP contribution < -0.4 is 5.32 Å². The predicted molar refractivity (Wildman–Crippen MR) is 75.0 cm³/mol. The maximum atomic E-state index is 13.1. The van der Waals surface area contributed by atoms with Gasteiger partial charge in [0.15, 0.2) is 17.5 Å². The van der Waals surface area contributed by atoms with Gasteiger partial charge < -0.3 is 10.2 Å². The number of nitrogens with one attached hydrogen (secondary N) is 1. The van der Waals surface area contributed by atoms with Gasteiger partial charge in [0.25, 0.3) is 0 Å². The van der Waals surface area contributed by atoms with E-state index in [4.69, 9.17) is 0 Å². The summed E-state index contributed by atoms with van der Waals surface area (Å²) in [6.45, 7) is 5.34. The molecule has 0 saturated heterocycles. The maximum Gasteiger partial charge on any atom is 0.194 e. The summed E-state index contributed by atoms with van der Waals surface area (Å²) in [5.41, 5.74) is 0.406. The van der Waals surface area contributed by atoms with Gasteiger partial charge in [-0.2, -0.15) is 0 Å². The fourth-order valence-corrected chi connectivity index (χ4v) is 2.11. The van der Waals surface area contributed by atoms with Crippen molar-refractivity contribution in [1.82, 2.24) is 10.2 Å². The minimum absolute atomic E-state index is 0.316. The first-order valence-corrected chi connectivity index (χ1v) is 6.81. The topological polar surface area (TPSA) is 15.3 Å². The highest BCUT2D eigenvalue weighted by atomic mass is 19.2. The Morgan fingerprint density at radius 1 is 1.10 bits per heavy atom. The van der Waals surface area contributed by atoms with E-state index in [1.807, 2.05) is 14.1 Å². The van der Waals surface area contributed by atoms with Crippen molar-refractivity contribution in [2.24, 2.45) is 5.92 Å². The zero-order valence-corrected chi connectivity index (χ0v) is 12.5. The molecule has 0 spiro atoms. The number of hydrogen-bond donors (Lipinski definition) is 1. The lowest BCUT2D eigenvalue weighted by Crippen LogP contribution is -2.38. The molecule has 114 valence electrons. The summed E-state index contributed by atoms with van der Waals surface area (Å²) in [4.78, 5) is 2.12. The van der Waals surface area contributed by atoms with Crippen molar-refractivity contribution in [3.05, 3.63) is 35.1 Å². The Morgan fingerprint density at radius 2 is 1.65 bits per heavy atom. The van der Waals surface area contributed by atoms with Gasteiger partial charge in [0, 0.05) is 19.1 Å². The van der Waals surface area contributed by atoms with Gasteiger partial charge in [-0.25, -0.2) is 13.2 Å². The van der Waals surface area contributed by atoms with Crippen LogP contribution in [0.4, 0.5) is 13.2 Å². The first-order valence-electron chi connectivity index (χ1n) is 6.81. The first kappa shape index (κ1) is 17.0. The second kappa shape index (κ2) is 7.64. The van der Waals surface area contributed by atoms with Crippen molar-refractivity contribution < 1.29 is 13.2 Å². The van der Waals surface area contributed by atoms with E-state index >= 15 is 0 Å². The molecule has 0 bridgehead atoms. The van der Waals surface area contributed by atoms with Gasteiger partial charge in [-0.3, -0.25) is 0 Å². The number of hydrogen-bond acceptors (Lipinski definition) is 2. The molecule has 0 heterocycles. The molecule has 1 N–H and O–H groups in total. The van der Waals surface area contributed by atoms with Crippen LogP contribution in [0.25, 0.3) is 0 Å². The highest BCUT2D eigenvalue weighted by Gasteiger charge is 2.14. The van der Waals surface area contributed by atoms with Gasteiger partial charge in [0.05, 0.1) is 0 Å². The van der Waals surface area contributed by atoms with Crippen LogP contribution in [0.15, 0.2) is 12.1 Å². The van der Waals surface area contributed by atoms with Crippen molar-refractivity contribution >= 4 is 0 Å². The molecule has 0 amide bonds. The second-order valence-corrected chi connectivity index (χ2v) is 5.75. The third-order valence-corrected chi connectivity index (χ3v) is 3.23. The summed E-state index contributed by atoms with van der Waals surface area (Å²) in [6.07, 6.45) is 1.03. The number of halogens is 3. The summed E-state index contributed by atoms with van der Waals surface area (Å²) < 4.78 is 39.0. The molecular weight excluding hydrogens is 265 g/mol. The second-order valence-electron chi connectivity index (χ2n) is 5.75. The fraction of sp³-hybridized carbons (Fsp3) is 0.600. The van der Waals surface area contributed by atoms with E-state index in [2.05, 4.69) is 24.1 Å². The minimum Gasteiger partial charge on any atom is -0.311 e. The Hall–Kier alpha value is -1.07. The molecule has 0 aliphatic carbocycles. The summed E-state index contributed by atoms with van der Waals surface area (Å²) in [5.74, 6) is -3.13. The van der Waals surface area contributed by atoms with Gasteiger partial charge in [0.2, 0.25) is 0 Å². The fourth-order valence-electron chi connectivity index (χ4n) is 2.11. The van der Waals surface area contributed by atoms with E-state index in [1.165, 1.54) is 0 Å². The van der Waals surface area contributed by atoms with Crippen LogP contribution in [0.2, 0.25) is 0 Å². The monoisotopic (exact) mass is 288 g/mol. The van der Waals surface area contributed by atoms with E-state index in [0.717, 1.165) is 18.6 Å². The Balaban J connectivity index is 2.54. The van der Waals surface area contributed by atoms with E-state index in [1.54, 1.807) is 0 Å². The zero-order valence-electron chi connectivity index (χ0n) is 12.5. The lowest BCUT2D eigenvalue weighted by Gasteiger charge is -2.26. The van der Waals surface area contributed by atoms with Crippen LogP contribution in [0.5, 0.6) is 0 Å². The van der Waals surface area contributed by atoms with Crippen molar-refractivity contribution in [2.75, 3.05) is 20.6 Å². The molecule has 1 aromatic rings. The first-order chi connectivity index (χ1) is 9.31. The van der Waals surface area contributed by atoms with Crippen LogP contribution in [-0.4, -0.2) is 31.6 Å². The van der Waals surface area contributed by atoms with Crippen LogP contribution in [0.3, 0.4) is 0 Å². The number of likely N-dealkylation sites (N-methyl/N-ethyl adjacent to an activating group) is 1. The predicted octanol–water partition coefficient (Wildman–Crippen LogP) is 3.17. The van der Waals surface area contributed by atoms with Gasteiger partial charge in [-0.1, -0.05) is 13.8 Å². The van der Waals surface area contributed by atoms with Crippen LogP contribution in [-0.2, 0) is 6.54 Å². The summed E-state index contributed by atoms with van der Waals surface area (Å²) in [5, 5.41) is 3.16. The lowest BCUT2D eigenvalue weighted by molar-refractivity contribution is 0.246. The van der Waals surface area contributed by atoms with Crippen molar-refractivity contribution in [1.29, 1.82) is 0 Å². The Bertz CT molecular complexity index is 410. The highest BCUT2D eigenvalue weighted by molar-refractivity contribution is 5.19. The molecule has 0 fully saturated rings. The molecule has 0 radical (unpaired) electrons. The van der Waals surface area contributed by atoms with Crippen LogP contribution in [0, 0.1) is 23.4 Å². The molecule has 0 aromatic heterocycles. The van der Waals surface area contributed by atoms with E-state index in [-0.39, 0.29) is 0 Å². The molecule has 1 unspecified atom stereocenters. The van der Waals surface area contributed by atoms with Gasteiger partial charge in [-0.05, 0) is 44.1 Å². The Morgan fingerprint density at radius 3 is 2.10 bits per heavy atom. The van der Waals surface area contributed by atoms with Crippen molar-refractivity contribution in [3.8, 4) is 0 Å². The molecule has 0 aliphatic heterocycles. The number of benzene rings is 1. The zero-order chi connectivity index (χ0) is 15.3. The lowest BCUT2D eigenvalue weighted by atomic mass is 10.0. The quantitative estimate of drug-likeness (QED) is 0.775. The van der Waals surface area contributed by atoms with Crippen molar-refractivity contribution in [2.45, 2.75) is 32.9 Å². The third kappa shape index (κ3) is 5.13. The summed E-state index contributed by atoms with van der Waals surface area (Å²) >= 11 is 0. The molecule has 1 aromatic carbocycles. The number of rotatable bonds is 7. The number of nitrogens with zero attached hydrogens (tertiary/aromatic N) is 1. The van der Waals surface area contributed by atoms with E-state index in [0.29, 0.717) is 30.6 Å². The summed E-state index contributed by atoms with van der Waals surface area (Å²) in [6, 6.07) is 2.40. The maximum absolute atomic E-state index is 13.1. The molecule has 1 atom stereocenters. The van der Waals surface area contributed by atoms with E-state index < -0.39 is 17.5 Å². The largest absolute Gasteiger partial charge is 0.311 e. The van der Waals surface area contributed by atoms with Crippen molar-refractivity contribution in [3.63, 3.8) is 0 Å². The average molecular weight is 288 g/mol. The van der Waals surface area contributed by atoms with Crippen LogP contribution in [0.1, 0.15) is 25.8 Å². The smallest absolute Gasteiger partial charge is 0.194 e. The van der Waals surface area contributed by atoms with E-state index in [9.17, 15) is 13.2 Å². The molecular formula is C15H23F3N2. The average Bonchev–Trinajstić information content (AvgIpc) is 2.34. The molecule has 1 rings (SSSR count). The molecule has 5 heteroatoms. The van der Waals surface area contributed by atoms with Crippen LogP contribution >= 0.6 is 0 Å². The van der Waals surface area contributed by atoms with Gasteiger partial charge >= 0.3 is 0 Å². The minimum atomic E-state index is -1.42. The molecule has 20 heavy (non-hydrogen) atoms. The third-order valence-electron chi connectivity index (χ3n) is 3.23. The molecule has 0 saturated carbocycles. The standard InChI is InChI=1S/C15H23F3N2/c1-10(2)5-12(20(3)4)9-19-8-11-6-13(16)15(18)14(17)7-11/h6-7,10,12,19H,5,8-9H2,1-4H3. The summed E-state index contributed by atoms with van der Waals surface area (Å²) in [7, 11) is 4.01. The Kier molecular flexibility index (Phi) is 6.49.